The SMILES string of the molecule is Cc1ccc(CN2CCC(CNCC(F)(F)F)C2)cc1. The zero-order valence-corrected chi connectivity index (χ0v) is 11.7. The van der Waals surface area contributed by atoms with E-state index in [1.807, 2.05) is 0 Å². The molecule has 1 aliphatic rings. The maximum Gasteiger partial charge on any atom is 0.401 e. The average Bonchev–Trinajstić information content (AvgIpc) is 2.78. The Labute approximate surface area is 118 Å². The molecule has 0 saturated carbocycles. The summed E-state index contributed by atoms with van der Waals surface area (Å²) in [5.41, 5.74) is 2.50. The second kappa shape index (κ2) is 6.59. The van der Waals surface area contributed by atoms with E-state index < -0.39 is 12.7 Å². The Hall–Kier alpha value is -1.07. The number of aryl methyl sites for hydroxylation is 1. The van der Waals surface area contributed by atoms with Gasteiger partial charge in [-0.25, -0.2) is 0 Å². The van der Waals surface area contributed by atoms with Crippen molar-refractivity contribution in [2.45, 2.75) is 26.1 Å². The lowest BCUT2D eigenvalue weighted by Gasteiger charge is -2.17. The third-order valence-electron chi connectivity index (χ3n) is 3.66. The average molecular weight is 286 g/mol. The highest BCUT2D eigenvalue weighted by atomic mass is 19.4. The minimum atomic E-state index is -4.11. The van der Waals surface area contributed by atoms with Gasteiger partial charge in [-0.2, -0.15) is 13.2 Å². The monoisotopic (exact) mass is 286 g/mol. The lowest BCUT2D eigenvalue weighted by Crippen LogP contribution is -2.33. The molecule has 1 unspecified atom stereocenters. The van der Waals surface area contributed by atoms with E-state index in [-0.39, 0.29) is 0 Å². The fourth-order valence-corrected chi connectivity index (χ4v) is 2.59. The first kappa shape index (κ1) is 15.3. The van der Waals surface area contributed by atoms with Crippen LogP contribution < -0.4 is 5.32 Å². The zero-order valence-electron chi connectivity index (χ0n) is 11.7. The van der Waals surface area contributed by atoms with E-state index >= 15 is 0 Å². The Kier molecular flexibility index (Phi) is 5.05. The Morgan fingerprint density at radius 3 is 2.60 bits per heavy atom. The van der Waals surface area contributed by atoms with Gasteiger partial charge in [0.15, 0.2) is 0 Å². The van der Waals surface area contributed by atoms with Crippen LogP contribution in [0.15, 0.2) is 24.3 Å². The molecule has 20 heavy (non-hydrogen) atoms. The molecule has 1 aromatic carbocycles. The minimum absolute atomic E-state index is 0.322. The van der Waals surface area contributed by atoms with E-state index in [2.05, 4.69) is 41.4 Å². The molecule has 1 N–H and O–H groups in total. The molecule has 1 aliphatic heterocycles. The van der Waals surface area contributed by atoms with Crippen LogP contribution in [0.3, 0.4) is 0 Å². The topological polar surface area (TPSA) is 15.3 Å². The van der Waals surface area contributed by atoms with E-state index in [1.54, 1.807) is 0 Å². The number of nitrogens with one attached hydrogen (secondary N) is 1. The van der Waals surface area contributed by atoms with Gasteiger partial charge in [0.2, 0.25) is 0 Å². The number of hydrogen-bond donors (Lipinski definition) is 1. The Balaban J connectivity index is 1.71. The molecule has 1 fully saturated rings. The maximum atomic E-state index is 12.1. The molecule has 0 bridgehead atoms. The van der Waals surface area contributed by atoms with Crippen LogP contribution >= 0.6 is 0 Å². The molecule has 112 valence electrons. The summed E-state index contributed by atoms with van der Waals surface area (Å²) in [6.45, 7) is 4.34. The van der Waals surface area contributed by atoms with Gasteiger partial charge in [0, 0.05) is 13.1 Å². The van der Waals surface area contributed by atoms with E-state index in [0.717, 1.165) is 26.1 Å². The fourth-order valence-electron chi connectivity index (χ4n) is 2.59. The highest BCUT2D eigenvalue weighted by Gasteiger charge is 2.28. The van der Waals surface area contributed by atoms with Crippen LogP contribution in [0.1, 0.15) is 17.5 Å². The zero-order chi connectivity index (χ0) is 14.6. The van der Waals surface area contributed by atoms with E-state index in [0.29, 0.717) is 12.5 Å². The predicted molar refractivity (Wildman–Crippen MR) is 73.5 cm³/mol. The number of likely N-dealkylation sites (tertiary alicyclic amines) is 1. The van der Waals surface area contributed by atoms with Crippen molar-refractivity contribution in [3.63, 3.8) is 0 Å². The standard InChI is InChI=1S/C15H21F3N2/c1-12-2-4-13(5-3-12)9-20-7-6-14(10-20)8-19-11-15(16,17)18/h2-5,14,19H,6-11H2,1H3. The van der Waals surface area contributed by atoms with Gasteiger partial charge in [-0.05, 0) is 37.9 Å². The summed E-state index contributed by atoms with van der Waals surface area (Å²) in [4.78, 5) is 2.31. The van der Waals surface area contributed by atoms with Crippen LogP contribution in [0, 0.1) is 12.8 Å². The van der Waals surface area contributed by atoms with Crippen LogP contribution in [0.2, 0.25) is 0 Å². The van der Waals surface area contributed by atoms with Crippen LogP contribution in [-0.4, -0.2) is 37.3 Å². The summed E-state index contributed by atoms with van der Waals surface area (Å²) < 4.78 is 36.2. The summed E-state index contributed by atoms with van der Waals surface area (Å²) in [5.74, 6) is 0.322. The molecule has 1 atom stereocenters. The van der Waals surface area contributed by atoms with Crippen molar-refractivity contribution in [1.29, 1.82) is 0 Å². The van der Waals surface area contributed by atoms with Crippen molar-refractivity contribution in [3.05, 3.63) is 35.4 Å². The fraction of sp³-hybridized carbons (Fsp3) is 0.600. The summed E-state index contributed by atoms with van der Waals surface area (Å²) >= 11 is 0. The van der Waals surface area contributed by atoms with E-state index in [9.17, 15) is 13.2 Å². The largest absolute Gasteiger partial charge is 0.401 e. The smallest absolute Gasteiger partial charge is 0.308 e. The van der Waals surface area contributed by atoms with Crippen molar-refractivity contribution >= 4 is 0 Å². The molecule has 2 rings (SSSR count). The highest BCUT2D eigenvalue weighted by molar-refractivity contribution is 5.21. The van der Waals surface area contributed by atoms with Crippen molar-refractivity contribution in [3.8, 4) is 0 Å². The third-order valence-corrected chi connectivity index (χ3v) is 3.66. The van der Waals surface area contributed by atoms with Gasteiger partial charge in [0.05, 0.1) is 6.54 Å². The van der Waals surface area contributed by atoms with Crippen molar-refractivity contribution < 1.29 is 13.2 Å². The molecule has 0 radical (unpaired) electrons. The van der Waals surface area contributed by atoms with Gasteiger partial charge in [-0.3, -0.25) is 4.90 Å². The molecule has 0 aromatic heterocycles. The summed E-state index contributed by atoms with van der Waals surface area (Å²) in [6, 6.07) is 8.41. The van der Waals surface area contributed by atoms with E-state index in [1.165, 1.54) is 11.1 Å². The van der Waals surface area contributed by atoms with Crippen LogP contribution in [0.25, 0.3) is 0 Å². The normalized spacial score (nSPS) is 20.5. The number of halogens is 3. The Bertz CT molecular complexity index is 414. The second-order valence-electron chi connectivity index (χ2n) is 5.62. The van der Waals surface area contributed by atoms with Crippen molar-refractivity contribution in [1.82, 2.24) is 10.2 Å². The van der Waals surface area contributed by atoms with Crippen LogP contribution in [-0.2, 0) is 6.54 Å². The van der Waals surface area contributed by atoms with Crippen molar-refractivity contribution in [2.75, 3.05) is 26.2 Å². The highest BCUT2D eigenvalue weighted by Crippen LogP contribution is 2.19. The second-order valence-corrected chi connectivity index (χ2v) is 5.62. The van der Waals surface area contributed by atoms with Crippen molar-refractivity contribution in [2.24, 2.45) is 5.92 Å². The first-order valence-corrected chi connectivity index (χ1v) is 6.98. The molecular weight excluding hydrogens is 265 g/mol. The summed E-state index contributed by atoms with van der Waals surface area (Å²) in [7, 11) is 0. The van der Waals surface area contributed by atoms with Gasteiger partial charge in [-0.15, -0.1) is 0 Å². The van der Waals surface area contributed by atoms with Gasteiger partial charge in [-0.1, -0.05) is 29.8 Å². The lowest BCUT2D eigenvalue weighted by molar-refractivity contribution is -0.125. The molecule has 0 aliphatic carbocycles. The molecule has 5 heteroatoms. The summed E-state index contributed by atoms with van der Waals surface area (Å²) in [6.07, 6.45) is -3.14. The van der Waals surface area contributed by atoms with E-state index in [4.69, 9.17) is 0 Å². The van der Waals surface area contributed by atoms with Gasteiger partial charge in [0.25, 0.3) is 0 Å². The van der Waals surface area contributed by atoms with Gasteiger partial charge >= 0.3 is 6.18 Å². The molecule has 1 heterocycles. The maximum absolute atomic E-state index is 12.1. The predicted octanol–water partition coefficient (Wildman–Crippen LogP) is 2.97. The number of hydrogen-bond acceptors (Lipinski definition) is 2. The summed E-state index contributed by atoms with van der Waals surface area (Å²) in [5, 5.41) is 2.51. The number of benzene rings is 1. The number of rotatable bonds is 5. The first-order valence-electron chi connectivity index (χ1n) is 6.98. The molecule has 2 nitrogen and oxygen atoms in total. The Morgan fingerprint density at radius 2 is 1.95 bits per heavy atom. The molecule has 1 aromatic rings. The first-order chi connectivity index (χ1) is 9.42. The van der Waals surface area contributed by atoms with Crippen LogP contribution in [0.4, 0.5) is 13.2 Å². The molecule has 0 spiro atoms. The Morgan fingerprint density at radius 1 is 1.25 bits per heavy atom. The molecular formula is C15H21F3N2. The van der Waals surface area contributed by atoms with Gasteiger partial charge < -0.3 is 5.32 Å². The molecule has 1 saturated heterocycles. The number of alkyl halides is 3. The van der Waals surface area contributed by atoms with Crippen LogP contribution in [0.5, 0.6) is 0 Å². The minimum Gasteiger partial charge on any atom is -0.308 e. The lowest BCUT2D eigenvalue weighted by atomic mass is 10.1. The number of nitrogens with zero attached hydrogens (tertiary/aromatic N) is 1. The van der Waals surface area contributed by atoms with Gasteiger partial charge in [0.1, 0.15) is 0 Å². The third kappa shape index (κ3) is 5.13. The molecule has 0 amide bonds. The quantitative estimate of drug-likeness (QED) is 0.895.